The Morgan fingerprint density at radius 1 is 0.569 bits per heavy atom. The molecule has 8 aromatic rings. The number of para-hydroxylation sites is 2. The molecule has 1 heterocycles. The lowest BCUT2D eigenvalue weighted by molar-refractivity contribution is 0.659. The van der Waals surface area contributed by atoms with Crippen molar-refractivity contribution in [3.63, 3.8) is 0 Å². The number of hydrogen-bond acceptors (Lipinski definition) is 1. The summed E-state index contributed by atoms with van der Waals surface area (Å²) in [5.74, 6) is 0. The predicted octanol–water partition coefficient (Wildman–Crippen LogP) is 12.8. The molecule has 0 spiro atoms. The fourth-order valence-electron chi connectivity index (χ4n) is 8.72. The van der Waals surface area contributed by atoms with Crippen LogP contribution in [0.5, 0.6) is 0 Å². The average molecular weight is 655 g/mol. The molecule has 1 aromatic heterocycles. The predicted molar refractivity (Wildman–Crippen MR) is 216 cm³/mol. The van der Waals surface area contributed by atoms with E-state index >= 15 is 0 Å². The van der Waals surface area contributed by atoms with Crippen LogP contribution in [0.25, 0.3) is 55.0 Å². The maximum Gasteiger partial charge on any atom is 0.0560 e. The molecule has 0 amide bonds. The van der Waals surface area contributed by atoms with Crippen LogP contribution in [-0.4, -0.2) is 10.6 Å². The van der Waals surface area contributed by atoms with E-state index in [4.69, 9.17) is 0 Å². The van der Waals surface area contributed by atoms with E-state index in [0.717, 1.165) is 6.42 Å². The third-order valence-corrected chi connectivity index (χ3v) is 11.3. The highest BCUT2D eigenvalue weighted by molar-refractivity contribution is 6.10. The van der Waals surface area contributed by atoms with Gasteiger partial charge in [-0.1, -0.05) is 135 Å². The summed E-state index contributed by atoms with van der Waals surface area (Å²) in [6, 6.07) is 58.2. The Morgan fingerprint density at radius 3 is 2.14 bits per heavy atom. The maximum atomic E-state index is 2.55. The Labute approximate surface area is 299 Å². The van der Waals surface area contributed by atoms with Crippen molar-refractivity contribution < 1.29 is 0 Å². The van der Waals surface area contributed by atoms with Crippen molar-refractivity contribution in [1.29, 1.82) is 0 Å². The zero-order chi connectivity index (χ0) is 34.1. The van der Waals surface area contributed by atoms with Gasteiger partial charge in [0.2, 0.25) is 0 Å². The van der Waals surface area contributed by atoms with Crippen LogP contribution in [0, 0.1) is 0 Å². The molecule has 10 rings (SSSR count). The van der Waals surface area contributed by atoms with Crippen molar-refractivity contribution in [1.82, 2.24) is 4.57 Å². The number of allylic oxidation sites excluding steroid dienone is 2. The minimum atomic E-state index is -0.0608. The van der Waals surface area contributed by atoms with Gasteiger partial charge in [-0.25, -0.2) is 0 Å². The minimum Gasteiger partial charge on any atom is -0.334 e. The lowest BCUT2D eigenvalue weighted by atomic mass is 9.82. The molecular formula is C49H38N2. The summed E-state index contributed by atoms with van der Waals surface area (Å²) in [4.78, 5) is 2.55. The zero-order valence-corrected chi connectivity index (χ0v) is 28.9. The number of hydrogen-bond donors (Lipinski definition) is 0. The Morgan fingerprint density at radius 2 is 1.27 bits per heavy atom. The van der Waals surface area contributed by atoms with Crippen molar-refractivity contribution in [2.24, 2.45) is 0 Å². The molecule has 244 valence electrons. The van der Waals surface area contributed by atoms with Crippen LogP contribution < -0.4 is 4.90 Å². The van der Waals surface area contributed by atoms with Gasteiger partial charge >= 0.3 is 0 Å². The zero-order valence-electron chi connectivity index (χ0n) is 28.9. The molecule has 2 aliphatic carbocycles. The van der Waals surface area contributed by atoms with Crippen LogP contribution in [-0.2, 0) is 5.41 Å². The first-order valence-electron chi connectivity index (χ1n) is 18.0. The third kappa shape index (κ3) is 4.71. The van der Waals surface area contributed by atoms with E-state index in [0.29, 0.717) is 0 Å². The van der Waals surface area contributed by atoms with Gasteiger partial charge in [-0.15, -0.1) is 0 Å². The molecule has 2 aliphatic rings. The second-order valence-electron chi connectivity index (χ2n) is 14.5. The number of benzene rings is 7. The van der Waals surface area contributed by atoms with Gasteiger partial charge < -0.3 is 9.47 Å². The van der Waals surface area contributed by atoms with Gasteiger partial charge in [0, 0.05) is 33.2 Å². The summed E-state index contributed by atoms with van der Waals surface area (Å²) >= 11 is 0. The smallest absolute Gasteiger partial charge is 0.0560 e. The monoisotopic (exact) mass is 654 g/mol. The molecule has 2 heteroatoms. The van der Waals surface area contributed by atoms with Crippen LogP contribution >= 0.6 is 0 Å². The molecule has 1 atom stereocenters. The SMILES string of the molecule is CC1(C)c2ccccc2-c2ccc(N(c3ccc4ccccc4c3)C3C=CC(c4ccc5c(c4)c4ccccc4n5-c4ccccc4)=CC3)cc21. The average Bonchev–Trinajstić information content (AvgIpc) is 3.63. The van der Waals surface area contributed by atoms with Crippen LogP contribution in [0.4, 0.5) is 11.4 Å². The molecule has 0 N–H and O–H groups in total. The van der Waals surface area contributed by atoms with E-state index in [2.05, 4.69) is 199 Å². The minimum absolute atomic E-state index is 0.0608. The first kappa shape index (κ1) is 29.8. The highest BCUT2D eigenvalue weighted by atomic mass is 15.2. The molecule has 0 aliphatic heterocycles. The maximum absolute atomic E-state index is 2.55. The lowest BCUT2D eigenvalue weighted by Gasteiger charge is -2.34. The molecule has 0 saturated carbocycles. The van der Waals surface area contributed by atoms with E-state index in [1.165, 1.54) is 83.0 Å². The van der Waals surface area contributed by atoms with E-state index in [9.17, 15) is 0 Å². The number of anilines is 2. The third-order valence-electron chi connectivity index (χ3n) is 11.3. The fourth-order valence-corrected chi connectivity index (χ4v) is 8.72. The Kier molecular flexibility index (Phi) is 6.69. The molecule has 0 fully saturated rings. The Balaban J connectivity index is 1.04. The van der Waals surface area contributed by atoms with Crippen molar-refractivity contribution in [3.8, 4) is 16.8 Å². The quantitative estimate of drug-likeness (QED) is 0.179. The van der Waals surface area contributed by atoms with Crippen molar-refractivity contribution in [2.45, 2.75) is 31.7 Å². The van der Waals surface area contributed by atoms with Gasteiger partial charge in [0.1, 0.15) is 0 Å². The first-order chi connectivity index (χ1) is 25.0. The molecule has 51 heavy (non-hydrogen) atoms. The summed E-state index contributed by atoms with van der Waals surface area (Å²) < 4.78 is 2.38. The van der Waals surface area contributed by atoms with Crippen molar-refractivity contribution >= 4 is 49.5 Å². The van der Waals surface area contributed by atoms with Crippen LogP contribution in [0.1, 0.15) is 37.0 Å². The summed E-state index contributed by atoms with van der Waals surface area (Å²) in [6.07, 6.45) is 8.09. The number of aromatic nitrogens is 1. The molecule has 1 unspecified atom stereocenters. The molecule has 0 radical (unpaired) electrons. The van der Waals surface area contributed by atoms with Crippen LogP contribution in [0.3, 0.4) is 0 Å². The van der Waals surface area contributed by atoms with Gasteiger partial charge in [-0.2, -0.15) is 0 Å². The topological polar surface area (TPSA) is 8.17 Å². The largest absolute Gasteiger partial charge is 0.334 e. The van der Waals surface area contributed by atoms with Gasteiger partial charge in [0.05, 0.1) is 17.1 Å². The van der Waals surface area contributed by atoms with E-state index in [1.54, 1.807) is 0 Å². The summed E-state index contributed by atoms with van der Waals surface area (Å²) in [5, 5.41) is 5.08. The van der Waals surface area contributed by atoms with Crippen molar-refractivity contribution in [2.75, 3.05) is 4.90 Å². The first-order valence-corrected chi connectivity index (χ1v) is 18.0. The van der Waals surface area contributed by atoms with Crippen LogP contribution in [0.2, 0.25) is 0 Å². The summed E-state index contributed by atoms with van der Waals surface area (Å²) in [6.45, 7) is 4.73. The Bertz CT molecular complexity index is 2710. The van der Waals surface area contributed by atoms with Gasteiger partial charge in [0.15, 0.2) is 0 Å². The number of fused-ring (bicyclic) bond motifs is 7. The van der Waals surface area contributed by atoms with Gasteiger partial charge in [0.25, 0.3) is 0 Å². The highest BCUT2D eigenvalue weighted by Crippen LogP contribution is 2.50. The molecule has 0 bridgehead atoms. The second-order valence-corrected chi connectivity index (χ2v) is 14.5. The van der Waals surface area contributed by atoms with Gasteiger partial charge in [-0.05, 0) is 105 Å². The number of rotatable bonds is 5. The summed E-state index contributed by atoms with van der Waals surface area (Å²) in [5.41, 5.74) is 14.1. The summed E-state index contributed by atoms with van der Waals surface area (Å²) in [7, 11) is 0. The van der Waals surface area contributed by atoms with Crippen molar-refractivity contribution in [3.05, 3.63) is 193 Å². The van der Waals surface area contributed by atoms with E-state index < -0.39 is 0 Å². The lowest BCUT2D eigenvalue weighted by Crippen LogP contribution is -2.30. The van der Waals surface area contributed by atoms with E-state index in [-0.39, 0.29) is 11.5 Å². The van der Waals surface area contributed by atoms with E-state index in [1.807, 2.05) is 0 Å². The second kappa shape index (κ2) is 11.5. The molecule has 2 nitrogen and oxygen atoms in total. The van der Waals surface area contributed by atoms with Gasteiger partial charge in [-0.3, -0.25) is 0 Å². The molecular weight excluding hydrogens is 617 g/mol. The highest BCUT2D eigenvalue weighted by Gasteiger charge is 2.36. The molecule has 0 saturated heterocycles. The fraction of sp³-hybridized carbons (Fsp3) is 0.102. The van der Waals surface area contributed by atoms with Crippen LogP contribution in [0.15, 0.2) is 176 Å². The molecule has 7 aromatic carbocycles. The normalized spacial score (nSPS) is 16.0. The number of nitrogens with zero attached hydrogens (tertiary/aromatic N) is 2. The Hall–Kier alpha value is -6.12. The standard InChI is InChI=1S/C49H38N2/c1-49(2)45-18-10-8-16-41(45)42-28-27-40(32-46(42)49)50(39-26-22-33-12-6-7-13-35(33)30-39)38-24-20-34(21-25-38)36-23-29-48-44(31-36)43-17-9-11-19-47(43)51(48)37-14-4-3-5-15-37/h3-24,26-32,38H,25H2,1-2H3.